The molecule has 0 radical (unpaired) electrons. The number of aromatic nitrogens is 2. The minimum absolute atomic E-state index is 0.0174. The topological polar surface area (TPSA) is 65.7 Å². The molecule has 5 aromatic rings. The third-order valence-corrected chi connectivity index (χ3v) is 8.84. The average molecular weight is 698 g/mol. The van der Waals surface area contributed by atoms with E-state index in [1.807, 2.05) is 50.2 Å². The van der Waals surface area contributed by atoms with Crippen molar-refractivity contribution in [3.8, 4) is 11.5 Å². The van der Waals surface area contributed by atoms with Gasteiger partial charge in [-0.1, -0.05) is 83.8 Å². The van der Waals surface area contributed by atoms with Crippen molar-refractivity contribution >= 4 is 71.4 Å². The number of halogens is 3. The third kappa shape index (κ3) is 6.05. The molecular weight excluding hydrogens is 670 g/mol. The molecule has 0 N–H and O–H groups in total. The zero-order chi connectivity index (χ0) is 29.1. The first-order chi connectivity index (χ1) is 19.8. The summed E-state index contributed by atoms with van der Waals surface area (Å²) >= 11 is 13.9. The van der Waals surface area contributed by atoms with Crippen LogP contribution in [0.15, 0.2) is 85.6 Å². The molecular formula is C32H28Br2ClN3O3. The lowest BCUT2D eigenvalue weighted by atomic mass is 10.1. The molecule has 4 aromatic carbocycles. The number of benzene rings is 4. The van der Waals surface area contributed by atoms with Crippen LogP contribution in [0.25, 0.3) is 21.7 Å². The van der Waals surface area contributed by atoms with Crippen molar-refractivity contribution in [1.29, 1.82) is 0 Å². The summed E-state index contributed by atoms with van der Waals surface area (Å²) in [5.41, 5.74) is 2.06. The minimum atomic E-state index is -0.245. The van der Waals surface area contributed by atoms with Crippen molar-refractivity contribution in [1.82, 2.24) is 9.66 Å². The largest absolute Gasteiger partial charge is 0.490 e. The van der Waals surface area contributed by atoms with Gasteiger partial charge >= 0.3 is 0 Å². The van der Waals surface area contributed by atoms with Crippen LogP contribution in [0.2, 0.25) is 5.02 Å². The molecule has 0 fully saturated rings. The van der Waals surface area contributed by atoms with E-state index in [0.29, 0.717) is 56.5 Å². The first kappa shape index (κ1) is 29.3. The second kappa shape index (κ2) is 12.8. The molecule has 0 spiro atoms. The Hall–Kier alpha value is -3.20. The van der Waals surface area contributed by atoms with Crippen LogP contribution in [0, 0.1) is 0 Å². The van der Waals surface area contributed by atoms with Gasteiger partial charge in [-0.2, -0.15) is 9.78 Å². The Bertz CT molecular complexity index is 1830. The van der Waals surface area contributed by atoms with Gasteiger partial charge in [0.25, 0.3) is 5.56 Å². The summed E-state index contributed by atoms with van der Waals surface area (Å²) in [6.07, 6.45) is 2.39. The summed E-state index contributed by atoms with van der Waals surface area (Å²) in [5, 5.41) is 7.69. The Morgan fingerprint density at radius 3 is 2.59 bits per heavy atom. The lowest BCUT2D eigenvalue weighted by molar-refractivity contribution is 0.270. The first-order valence-electron chi connectivity index (χ1n) is 13.3. The fourth-order valence-electron chi connectivity index (χ4n) is 4.56. The zero-order valence-corrected chi connectivity index (χ0v) is 26.8. The van der Waals surface area contributed by atoms with E-state index in [4.69, 9.17) is 26.1 Å². The van der Waals surface area contributed by atoms with Crippen molar-refractivity contribution in [3.05, 3.63) is 108 Å². The van der Waals surface area contributed by atoms with Crippen LogP contribution in [0.3, 0.4) is 0 Å². The molecule has 0 aliphatic rings. The molecule has 0 unspecified atom stereocenters. The number of nitrogens with zero attached hydrogens (tertiary/aromatic N) is 3. The van der Waals surface area contributed by atoms with E-state index in [0.717, 1.165) is 27.2 Å². The zero-order valence-electron chi connectivity index (χ0n) is 22.8. The van der Waals surface area contributed by atoms with E-state index in [1.54, 1.807) is 18.3 Å². The Morgan fingerprint density at radius 2 is 1.80 bits per heavy atom. The summed E-state index contributed by atoms with van der Waals surface area (Å²) < 4.78 is 14.9. The second-order valence-corrected chi connectivity index (χ2v) is 11.7. The Kier molecular flexibility index (Phi) is 9.12. The smallest absolute Gasteiger partial charge is 0.282 e. The van der Waals surface area contributed by atoms with Crippen molar-refractivity contribution in [3.63, 3.8) is 0 Å². The molecule has 0 saturated carbocycles. The molecule has 1 heterocycles. The molecule has 6 nitrogen and oxygen atoms in total. The average Bonchev–Trinajstić information content (AvgIpc) is 2.98. The molecule has 0 bridgehead atoms. The summed E-state index contributed by atoms with van der Waals surface area (Å²) in [5.74, 6) is 1.52. The van der Waals surface area contributed by atoms with Crippen LogP contribution in [0.5, 0.6) is 11.5 Å². The number of hydrogen-bond acceptors (Lipinski definition) is 5. The van der Waals surface area contributed by atoms with Gasteiger partial charge in [0, 0.05) is 20.4 Å². The molecule has 9 heteroatoms. The molecule has 5 rings (SSSR count). The van der Waals surface area contributed by atoms with Gasteiger partial charge in [0.15, 0.2) is 11.5 Å². The van der Waals surface area contributed by atoms with Crippen molar-refractivity contribution < 1.29 is 9.47 Å². The molecule has 0 amide bonds. The predicted molar refractivity (Wildman–Crippen MR) is 174 cm³/mol. The number of rotatable bonds is 9. The van der Waals surface area contributed by atoms with Gasteiger partial charge in [-0.15, -0.1) is 0 Å². The van der Waals surface area contributed by atoms with E-state index < -0.39 is 0 Å². The first-order valence-corrected chi connectivity index (χ1v) is 15.3. The minimum Gasteiger partial charge on any atom is -0.490 e. The summed E-state index contributed by atoms with van der Waals surface area (Å²) in [6.45, 7) is 6.71. The fraction of sp³-hybridized carbons (Fsp3) is 0.219. The number of ether oxygens (including phenoxy) is 2. The van der Waals surface area contributed by atoms with Gasteiger partial charge in [-0.25, -0.2) is 4.98 Å². The predicted octanol–water partition coefficient (Wildman–Crippen LogP) is 9.10. The third-order valence-electron chi connectivity index (χ3n) is 6.91. The van der Waals surface area contributed by atoms with Gasteiger partial charge in [0.05, 0.1) is 23.7 Å². The molecule has 1 aromatic heterocycles. The van der Waals surface area contributed by atoms with E-state index in [2.05, 4.69) is 62.1 Å². The quantitative estimate of drug-likeness (QED) is 0.144. The lowest BCUT2D eigenvalue weighted by Crippen LogP contribution is -2.23. The monoisotopic (exact) mass is 695 g/mol. The Labute approximate surface area is 260 Å². The summed E-state index contributed by atoms with van der Waals surface area (Å²) in [6, 6.07) is 21.6. The maximum atomic E-state index is 13.5. The van der Waals surface area contributed by atoms with E-state index in [9.17, 15) is 4.79 Å². The highest BCUT2D eigenvalue weighted by Crippen LogP contribution is 2.43. The molecule has 0 saturated heterocycles. The van der Waals surface area contributed by atoms with Crippen LogP contribution < -0.4 is 15.0 Å². The summed E-state index contributed by atoms with van der Waals surface area (Å²) in [4.78, 5) is 18.3. The van der Waals surface area contributed by atoms with E-state index in [-0.39, 0.29) is 11.5 Å². The van der Waals surface area contributed by atoms with Gasteiger partial charge in [0.2, 0.25) is 0 Å². The van der Waals surface area contributed by atoms with E-state index in [1.165, 1.54) is 4.68 Å². The number of fused-ring (bicyclic) bond motifs is 2. The van der Waals surface area contributed by atoms with Crippen LogP contribution >= 0.6 is 43.5 Å². The van der Waals surface area contributed by atoms with Gasteiger partial charge in [-0.05, 0) is 69.9 Å². The van der Waals surface area contributed by atoms with Gasteiger partial charge in [0.1, 0.15) is 17.5 Å². The van der Waals surface area contributed by atoms with Crippen LogP contribution in [-0.4, -0.2) is 22.5 Å². The lowest BCUT2D eigenvalue weighted by Gasteiger charge is -2.17. The van der Waals surface area contributed by atoms with Crippen molar-refractivity contribution in [2.45, 2.75) is 39.7 Å². The molecule has 0 aliphatic heterocycles. The highest BCUT2D eigenvalue weighted by Gasteiger charge is 2.19. The van der Waals surface area contributed by atoms with Gasteiger partial charge in [-0.3, -0.25) is 4.79 Å². The van der Waals surface area contributed by atoms with Crippen LogP contribution in [0.4, 0.5) is 0 Å². The fourth-order valence-corrected chi connectivity index (χ4v) is 5.58. The normalized spacial score (nSPS) is 12.3. The van der Waals surface area contributed by atoms with Crippen molar-refractivity contribution in [2.24, 2.45) is 5.10 Å². The van der Waals surface area contributed by atoms with Crippen LogP contribution in [0.1, 0.15) is 50.1 Å². The highest BCUT2D eigenvalue weighted by atomic mass is 79.9. The highest BCUT2D eigenvalue weighted by molar-refractivity contribution is 9.10. The number of hydrogen-bond donors (Lipinski definition) is 0. The maximum Gasteiger partial charge on any atom is 0.282 e. The van der Waals surface area contributed by atoms with Gasteiger partial charge < -0.3 is 9.47 Å². The van der Waals surface area contributed by atoms with Crippen LogP contribution in [-0.2, 0) is 6.61 Å². The van der Waals surface area contributed by atoms with E-state index >= 15 is 0 Å². The maximum absolute atomic E-state index is 13.5. The molecule has 0 aliphatic carbocycles. The Morgan fingerprint density at radius 1 is 1.02 bits per heavy atom. The second-order valence-electron chi connectivity index (χ2n) is 9.58. The SMILES string of the molecule is CCOc1cc(C=Nn2c([C@@H](C)CC)nc3ccc(Br)cc3c2=O)c(Br)c(Cl)c1OCc1cccc2ccccc12. The Balaban J connectivity index is 1.54. The van der Waals surface area contributed by atoms with Crippen molar-refractivity contribution in [2.75, 3.05) is 6.61 Å². The summed E-state index contributed by atoms with van der Waals surface area (Å²) in [7, 11) is 0. The standard InChI is InChI=1S/C32H28Br2ClN3O3/c1-4-19(3)31-37-26-14-13-23(33)16-25(26)32(39)38(31)36-17-22-15-27(40-5-2)30(29(35)28(22)34)41-18-21-11-8-10-20-9-6-7-12-24(20)21/h6-17,19H,4-5,18H2,1-3H3/t19-/m0/s1. The molecule has 210 valence electrons. The molecule has 41 heavy (non-hydrogen) atoms. The molecule has 1 atom stereocenters.